The van der Waals surface area contributed by atoms with E-state index in [4.69, 9.17) is 25.8 Å². The van der Waals surface area contributed by atoms with Crippen molar-refractivity contribution in [1.82, 2.24) is 4.90 Å². The van der Waals surface area contributed by atoms with Crippen LogP contribution in [0.15, 0.2) is 72.8 Å². The summed E-state index contributed by atoms with van der Waals surface area (Å²) < 4.78 is 16.5. The molecule has 3 atom stereocenters. The Bertz CT molecular complexity index is 1680. The average molecular weight is 747 g/mol. The molecule has 11 heteroatoms. The van der Waals surface area contributed by atoms with Crippen molar-refractivity contribution in [2.24, 2.45) is 5.92 Å². The molecular formula is C42H51ClN2O8. The third kappa shape index (κ3) is 11.5. The Morgan fingerprint density at radius 1 is 0.792 bits per heavy atom. The van der Waals surface area contributed by atoms with Gasteiger partial charge in [0.15, 0.2) is 11.8 Å². The van der Waals surface area contributed by atoms with E-state index < -0.39 is 47.5 Å². The normalized spacial score (nSPS) is 16.0. The van der Waals surface area contributed by atoms with Gasteiger partial charge in [-0.3, -0.25) is 24.1 Å². The number of methoxy groups -OCH3 is 1. The van der Waals surface area contributed by atoms with E-state index in [-0.39, 0.29) is 41.5 Å². The molecule has 1 aliphatic heterocycles. The maximum atomic E-state index is 14.2. The number of hydrogen-bond donors (Lipinski definition) is 1. The molecule has 0 bridgehead atoms. The number of carbonyl (C=O) groups is 5. The summed E-state index contributed by atoms with van der Waals surface area (Å²) in [6.07, 6.45) is 10.5. The minimum Gasteiger partial charge on any atom is -0.497 e. The van der Waals surface area contributed by atoms with Gasteiger partial charge in [-0.1, -0.05) is 107 Å². The van der Waals surface area contributed by atoms with Crippen LogP contribution in [-0.2, 0) is 30.3 Å². The average Bonchev–Trinajstić information content (AvgIpc) is 3.38. The maximum Gasteiger partial charge on any atom is 0.338 e. The van der Waals surface area contributed by atoms with E-state index in [1.165, 1.54) is 76.0 Å². The first-order valence-corrected chi connectivity index (χ1v) is 19.1. The molecule has 53 heavy (non-hydrogen) atoms. The van der Waals surface area contributed by atoms with E-state index in [2.05, 4.69) is 12.2 Å². The number of amides is 3. The van der Waals surface area contributed by atoms with Crippen LogP contribution in [0.4, 0.5) is 5.69 Å². The summed E-state index contributed by atoms with van der Waals surface area (Å²) >= 11 is 6.46. The van der Waals surface area contributed by atoms with Crippen LogP contribution in [0.25, 0.3) is 0 Å². The van der Waals surface area contributed by atoms with Crippen molar-refractivity contribution in [1.29, 1.82) is 0 Å². The van der Waals surface area contributed by atoms with Crippen molar-refractivity contribution in [3.63, 3.8) is 0 Å². The number of anilines is 1. The topological polar surface area (TPSA) is 128 Å². The molecule has 1 N–H and O–H groups in total. The molecule has 0 spiro atoms. The summed E-state index contributed by atoms with van der Waals surface area (Å²) in [6.45, 7) is 4.29. The number of nitrogens with one attached hydrogen (secondary N) is 1. The van der Waals surface area contributed by atoms with E-state index in [0.717, 1.165) is 31.2 Å². The fraction of sp³-hybridized carbons (Fsp3) is 0.452. The standard InChI is InChI=1S/C42H51ClN2O8/c1-4-6-7-8-9-10-11-12-13-17-26-53-42(50)31-22-25-34(43)35(28-31)44-39(47)36(37(46)30-20-23-32(51-3)24-21-30)45-40(48)33(38(41(45)49)52-5-2)27-29-18-15-14-16-19-29/h14-16,18-25,28,33,36,38H,4-13,17,26-27H2,1-3H3,(H,44,47). The van der Waals surface area contributed by atoms with E-state index in [9.17, 15) is 24.0 Å². The van der Waals surface area contributed by atoms with Crippen LogP contribution >= 0.6 is 11.6 Å². The zero-order chi connectivity index (χ0) is 38.2. The molecule has 1 fully saturated rings. The Hall–Kier alpha value is -4.54. The molecule has 284 valence electrons. The lowest BCUT2D eigenvalue weighted by Gasteiger charge is -2.25. The molecule has 0 radical (unpaired) electrons. The first-order valence-electron chi connectivity index (χ1n) is 18.7. The molecule has 3 unspecified atom stereocenters. The quantitative estimate of drug-likeness (QED) is 0.0358. The lowest BCUT2D eigenvalue weighted by molar-refractivity contribution is -0.146. The predicted octanol–water partition coefficient (Wildman–Crippen LogP) is 8.25. The number of halogens is 1. The van der Waals surface area contributed by atoms with Gasteiger partial charge < -0.3 is 19.5 Å². The van der Waals surface area contributed by atoms with Crippen LogP contribution in [0.1, 0.15) is 104 Å². The molecule has 4 rings (SSSR count). The number of Topliss-reactive ketones (excluding diaryl/α,β-unsaturated/α-hetero) is 1. The summed E-state index contributed by atoms with van der Waals surface area (Å²) in [7, 11) is 1.47. The molecule has 1 saturated heterocycles. The van der Waals surface area contributed by atoms with E-state index in [0.29, 0.717) is 10.6 Å². The third-order valence-corrected chi connectivity index (χ3v) is 9.70. The number of ketones is 1. The largest absolute Gasteiger partial charge is 0.497 e. The van der Waals surface area contributed by atoms with Gasteiger partial charge in [-0.2, -0.15) is 0 Å². The first kappa shape index (κ1) is 41.2. The Balaban J connectivity index is 1.49. The zero-order valence-corrected chi connectivity index (χ0v) is 31.7. The molecule has 1 heterocycles. The van der Waals surface area contributed by atoms with Crippen LogP contribution < -0.4 is 10.1 Å². The second-order valence-corrected chi connectivity index (χ2v) is 13.6. The minimum atomic E-state index is -1.91. The molecule has 3 aromatic rings. The van der Waals surface area contributed by atoms with Crippen molar-refractivity contribution in [3.05, 3.63) is 94.5 Å². The number of hydrogen-bond acceptors (Lipinski definition) is 8. The van der Waals surface area contributed by atoms with Crippen LogP contribution in [0, 0.1) is 5.92 Å². The Labute approximate surface area is 317 Å². The molecule has 0 aliphatic carbocycles. The van der Waals surface area contributed by atoms with Gasteiger partial charge in [0.1, 0.15) is 11.9 Å². The molecular weight excluding hydrogens is 696 g/mol. The number of benzene rings is 3. The predicted molar refractivity (Wildman–Crippen MR) is 204 cm³/mol. The summed E-state index contributed by atoms with van der Waals surface area (Å²) in [6, 6.07) is 17.5. The highest BCUT2D eigenvalue weighted by atomic mass is 35.5. The van der Waals surface area contributed by atoms with Gasteiger partial charge in [-0.25, -0.2) is 4.79 Å². The highest BCUT2D eigenvalue weighted by molar-refractivity contribution is 6.34. The number of esters is 1. The van der Waals surface area contributed by atoms with Gasteiger partial charge in [0, 0.05) is 12.2 Å². The number of carbonyl (C=O) groups excluding carboxylic acids is 5. The number of imide groups is 1. The summed E-state index contributed by atoms with van der Waals surface area (Å²) in [4.78, 5) is 70.0. The van der Waals surface area contributed by atoms with Crippen molar-refractivity contribution in [2.45, 2.75) is 96.6 Å². The van der Waals surface area contributed by atoms with Crippen molar-refractivity contribution < 1.29 is 38.2 Å². The van der Waals surface area contributed by atoms with E-state index in [1.807, 2.05) is 30.3 Å². The lowest BCUT2D eigenvalue weighted by Crippen LogP contribution is -2.52. The fourth-order valence-electron chi connectivity index (χ4n) is 6.46. The van der Waals surface area contributed by atoms with Crippen LogP contribution in [0.3, 0.4) is 0 Å². The Kier molecular flexibility index (Phi) is 16.5. The van der Waals surface area contributed by atoms with Gasteiger partial charge in [0.05, 0.1) is 35.9 Å². The van der Waals surface area contributed by atoms with Crippen molar-refractivity contribution in [2.75, 3.05) is 25.6 Å². The summed E-state index contributed by atoms with van der Waals surface area (Å²) in [5.41, 5.74) is 1.01. The molecule has 3 amide bonds. The van der Waals surface area contributed by atoms with Crippen molar-refractivity contribution >= 4 is 46.8 Å². The summed E-state index contributed by atoms with van der Waals surface area (Å²) in [5.74, 6) is -4.39. The van der Waals surface area contributed by atoms with Gasteiger partial charge >= 0.3 is 5.97 Å². The van der Waals surface area contributed by atoms with Crippen LogP contribution in [-0.4, -0.2) is 66.8 Å². The molecule has 0 aromatic heterocycles. The van der Waals surface area contributed by atoms with Gasteiger partial charge in [0.2, 0.25) is 5.91 Å². The highest BCUT2D eigenvalue weighted by Crippen LogP contribution is 2.31. The Morgan fingerprint density at radius 2 is 1.42 bits per heavy atom. The molecule has 0 saturated carbocycles. The fourth-order valence-corrected chi connectivity index (χ4v) is 6.63. The van der Waals surface area contributed by atoms with Gasteiger partial charge in [-0.05, 0) is 67.8 Å². The smallest absolute Gasteiger partial charge is 0.338 e. The second-order valence-electron chi connectivity index (χ2n) is 13.2. The Morgan fingerprint density at radius 3 is 2.04 bits per heavy atom. The molecule has 10 nitrogen and oxygen atoms in total. The van der Waals surface area contributed by atoms with Gasteiger partial charge in [-0.15, -0.1) is 0 Å². The minimum absolute atomic E-state index is 0.0128. The van der Waals surface area contributed by atoms with Crippen LogP contribution in [0.5, 0.6) is 5.75 Å². The zero-order valence-electron chi connectivity index (χ0n) is 30.9. The number of ether oxygens (including phenoxy) is 3. The second kappa shape index (κ2) is 21.2. The number of likely N-dealkylation sites (tertiary alicyclic amines) is 1. The molecule has 1 aliphatic rings. The monoisotopic (exact) mass is 746 g/mol. The first-order chi connectivity index (χ1) is 25.7. The lowest BCUT2D eigenvalue weighted by atomic mass is 9.95. The highest BCUT2D eigenvalue weighted by Gasteiger charge is 2.54. The number of nitrogens with zero attached hydrogens (tertiary/aromatic N) is 1. The van der Waals surface area contributed by atoms with Gasteiger partial charge in [0.25, 0.3) is 11.8 Å². The SMILES string of the molecule is CCCCCCCCCCCCOC(=O)c1ccc(Cl)c(NC(=O)C(C(=O)c2ccc(OC)cc2)N2C(=O)C(Cc3ccccc3)C(OCC)C2=O)c1. The maximum absolute atomic E-state index is 14.2. The van der Waals surface area contributed by atoms with E-state index >= 15 is 0 Å². The number of unbranched alkanes of at least 4 members (excludes halogenated alkanes) is 9. The van der Waals surface area contributed by atoms with E-state index in [1.54, 1.807) is 19.1 Å². The van der Waals surface area contributed by atoms with Crippen molar-refractivity contribution in [3.8, 4) is 5.75 Å². The van der Waals surface area contributed by atoms with Crippen LogP contribution in [0.2, 0.25) is 5.02 Å². The third-order valence-electron chi connectivity index (χ3n) is 9.37. The number of rotatable bonds is 22. The summed E-state index contributed by atoms with van der Waals surface area (Å²) in [5, 5.41) is 2.69. The molecule has 3 aromatic carbocycles.